The number of hydrogen-bond acceptors (Lipinski definition) is 4. The molecular formula is C11H14FNO3. The third-order valence-electron chi connectivity index (χ3n) is 2.22. The molecule has 1 unspecified atom stereocenters. The van der Waals surface area contributed by atoms with Crippen LogP contribution in [0.15, 0.2) is 18.2 Å². The van der Waals surface area contributed by atoms with E-state index in [9.17, 15) is 14.3 Å². The summed E-state index contributed by atoms with van der Waals surface area (Å²) in [4.78, 5) is 11.1. The van der Waals surface area contributed by atoms with Gasteiger partial charge in [-0.05, 0) is 13.0 Å². The summed E-state index contributed by atoms with van der Waals surface area (Å²) in [5.74, 6) is -1.48. The van der Waals surface area contributed by atoms with Crippen molar-refractivity contribution in [1.82, 2.24) is 5.32 Å². The van der Waals surface area contributed by atoms with Crippen LogP contribution in [0.25, 0.3) is 0 Å². The van der Waals surface area contributed by atoms with Crippen molar-refractivity contribution < 1.29 is 19.0 Å². The van der Waals surface area contributed by atoms with Gasteiger partial charge in [0.15, 0.2) is 11.6 Å². The molecule has 0 fully saturated rings. The monoisotopic (exact) mass is 227 g/mol. The van der Waals surface area contributed by atoms with Crippen molar-refractivity contribution in [2.24, 2.45) is 0 Å². The lowest BCUT2D eigenvalue weighted by Gasteiger charge is -2.12. The highest BCUT2D eigenvalue weighted by Crippen LogP contribution is 2.20. The molecule has 2 N–H and O–H groups in total. The van der Waals surface area contributed by atoms with Crippen LogP contribution in [0.5, 0.6) is 5.75 Å². The van der Waals surface area contributed by atoms with Crippen LogP contribution in [0, 0.1) is 5.82 Å². The first-order valence-corrected chi connectivity index (χ1v) is 4.83. The van der Waals surface area contributed by atoms with Crippen LogP contribution < -0.4 is 5.32 Å². The standard InChI is InChI=1S/C11H14FNO3/c1-7(11(15)16-2)13-6-8-4-3-5-9(12)10(8)14/h3-5,7,13-14H,6H2,1-2H3. The summed E-state index contributed by atoms with van der Waals surface area (Å²) in [6.45, 7) is 1.82. The number of aromatic hydroxyl groups is 1. The van der Waals surface area contributed by atoms with Gasteiger partial charge >= 0.3 is 5.97 Å². The van der Waals surface area contributed by atoms with Gasteiger partial charge in [0.05, 0.1) is 7.11 Å². The zero-order valence-corrected chi connectivity index (χ0v) is 9.16. The Kier molecular flexibility index (Phi) is 4.25. The first-order valence-electron chi connectivity index (χ1n) is 4.83. The molecule has 88 valence electrons. The van der Waals surface area contributed by atoms with E-state index in [-0.39, 0.29) is 6.54 Å². The van der Waals surface area contributed by atoms with Gasteiger partial charge in [0.1, 0.15) is 6.04 Å². The molecule has 16 heavy (non-hydrogen) atoms. The number of esters is 1. The molecular weight excluding hydrogens is 213 g/mol. The van der Waals surface area contributed by atoms with Gasteiger partial charge in [0, 0.05) is 12.1 Å². The molecule has 0 heterocycles. The Hall–Kier alpha value is -1.62. The number of para-hydroxylation sites is 1. The Labute approximate surface area is 93.0 Å². The van der Waals surface area contributed by atoms with Crippen molar-refractivity contribution in [2.75, 3.05) is 7.11 Å². The first-order chi connectivity index (χ1) is 7.56. The van der Waals surface area contributed by atoms with Crippen molar-refractivity contribution in [3.05, 3.63) is 29.6 Å². The molecule has 1 aromatic carbocycles. The summed E-state index contributed by atoms with van der Waals surface area (Å²) in [5.41, 5.74) is 0.399. The van der Waals surface area contributed by atoms with Crippen LogP contribution >= 0.6 is 0 Å². The normalized spacial score (nSPS) is 12.2. The number of ether oxygens (including phenoxy) is 1. The van der Waals surface area contributed by atoms with Crippen molar-refractivity contribution in [3.8, 4) is 5.75 Å². The Bertz CT molecular complexity index is 381. The van der Waals surface area contributed by atoms with Crippen molar-refractivity contribution in [1.29, 1.82) is 0 Å². The van der Waals surface area contributed by atoms with Crippen LogP contribution in [-0.4, -0.2) is 24.2 Å². The minimum Gasteiger partial charge on any atom is -0.505 e. The van der Waals surface area contributed by atoms with Gasteiger partial charge in [-0.15, -0.1) is 0 Å². The maximum absolute atomic E-state index is 13.0. The number of carbonyl (C=O) groups is 1. The maximum Gasteiger partial charge on any atom is 0.322 e. The van der Waals surface area contributed by atoms with Gasteiger partial charge in [-0.1, -0.05) is 12.1 Å². The molecule has 1 rings (SSSR count). The highest BCUT2D eigenvalue weighted by Gasteiger charge is 2.13. The van der Waals surface area contributed by atoms with Crippen molar-refractivity contribution in [2.45, 2.75) is 19.5 Å². The number of carbonyl (C=O) groups excluding carboxylic acids is 1. The van der Waals surface area contributed by atoms with Crippen LogP contribution in [0.4, 0.5) is 4.39 Å². The van der Waals surface area contributed by atoms with E-state index in [4.69, 9.17) is 0 Å². The molecule has 0 aliphatic heterocycles. The fraction of sp³-hybridized carbons (Fsp3) is 0.364. The van der Waals surface area contributed by atoms with Gasteiger partial charge in [-0.3, -0.25) is 4.79 Å². The average molecular weight is 227 g/mol. The van der Waals surface area contributed by atoms with Crippen LogP contribution in [0.1, 0.15) is 12.5 Å². The Morgan fingerprint density at radius 2 is 2.31 bits per heavy atom. The summed E-state index contributed by atoms with van der Waals surface area (Å²) in [6.07, 6.45) is 0. The number of phenols is 1. The Morgan fingerprint density at radius 3 is 2.94 bits per heavy atom. The highest BCUT2D eigenvalue weighted by molar-refractivity contribution is 5.75. The fourth-order valence-corrected chi connectivity index (χ4v) is 1.23. The molecule has 1 atom stereocenters. The molecule has 5 heteroatoms. The van der Waals surface area contributed by atoms with E-state index in [1.54, 1.807) is 13.0 Å². The summed E-state index contributed by atoms with van der Waals surface area (Å²) in [6, 6.07) is 3.74. The van der Waals surface area contributed by atoms with Gasteiger partial charge in [0.2, 0.25) is 0 Å². The number of halogens is 1. The van der Waals surface area contributed by atoms with Gasteiger partial charge in [-0.25, -0.2) is 4.39 Å². The number of hydrogen-bond donors (Lipinski definition) is 2. The number of methoxy groups -OCH3 is 1. The van der Waals surface area contributed by atoms with E-state index in [0.29, 0.717) is 5.56 Å². The molecule has 4 nitrogen and oxygen atoms in total. The summed E-state index contributed by atoms with van der Waals surface area (Å²) in [5, 5.41) is 12.2. The number of nitrogens with one attached hydrogen (secondary N) is 1. The third-order valence-corrected chi connectivity index (χ3v) is 2.22. The summed E-state index contributed by atoms with van der Waals surface area (Å²) >= 11 is 0. The molecule has 0 aliphatic rings. The zero-order chi connectivity index (χ0) is 12.1. The van der Waals surface area contributed by atoms with E-state index in [0.717, 1.165) is 0 Å². The predicted octanol–water partition coefficient (Wildman–Crippen LogP) is 1.18. The average Bonchev–Trinajstić information content (AvgIpc) is 2.29. The Balaban J connectivity index is 2.61. The van der Waals surface area contributed by atoms with Crippen molar-refractivity contribution in [3.63, 3.8) is 0 Å². The molecule has 0 saturated heterocycles. The molecule has 0 saturated carbocycles. The van der Waals surface area contributed by atoms with E-state index in [1.165, 1.54) is 19.2 Å². The van der Waals surface area contributed by atoms with Gasteiger partial charge in [0.25, 0.3) is 0 Å². The number of benzene rings is 1. The minimum absolute atomic E-state index is 0.194. The third kappa shape index (κ3) is 2.93. The lowest BCUT2D eigenvalue weighted by atomic mass is 10.2. The molecule has 1 aromatic rings. The number of rotatable bonds is 4. The zero-order valence-electron chi connectivity index (χ0n) is 9.16. The molecule has 0 spiro atoms. The lowest BCUT2D eigenvalue weighted by molar-refractivity contribution is -0.142. The van der Waals surface area contributed by atoms with Crippen LogP contribution in [-0.2, 0) is 16.1 Å². The second-order valence-electron chi connectivity index (χ2n) is 3.37. The van der Waals surface area contributed by atoms with Gasteiger partial charge in [-0.2, -0.15) is 0 Å². The SMILES string of the molecule is COC(=O)C(C)NCc1cccc(F)c1O. The Morgan fingerprint density at radius 1 is 1.62 bits per heavy atom. The molecule has 0 aliphatic carbocycles. The van der Waals surface area contributed by atoms with Gasteiger partial charge < -0.3 is 15.2 Å². The molecule has 0 radical (unpaired) electrons. The van der Waals surface area contributed by atoms with E-state index in [2.05, 4.69) is 10.1 Å². The fourth-order valence-electron chi connectivity index (χ4n) is 1.23. The summed E-state index contributed by atoms with van der Waals surface area (Å²) < 4.78 is 17.5. The highest BCUT2D eigenvalue weighted by atomic mass is 19.1. The lowest BCUT2D eigenvalue weighted by Crippen LogP contribution is -2.34. The van der Waals surface area contributed by atoms with Crippen molar-refractivity contribution >= 4 is 5.97 Å². The largest absolute Gasteiger partial charge is 0.505 e. The summed E-state index contributed by atoms with van der Waals surface area (Å²) in [7, 11) is 1.29. The van der Waals surface area contributed by atoms with Crippen LogP contribution in [0.2, 0.25) is 0 Å². The minimum atomic E-state index is -0.676. The second-order valence-corrected chi connectivity index (χ2v) is 3.37. The second kappa shape index (κ2) is 5.46. The van der Waals surface area contributed by atoms with E-state index in [1.807, 2.05) is 0 Å². The first kappa shape index (κ1) is 12.4. The molecule has 0 bridgehead atoms. The maximum atomic E-state index is 13.0. The predicted molar refractivity (Wildman–Crippen MR) is 56.4 cm³/mol. The smallest absolute Gasteiger partial charge is 0.322 e. The topological polar surface area (TPSA) is 58.6 Å². The number of phenolic OH excluding ortho intramolecular Hbond substituents is 1. The van der Waals surface area contributed by atoms with Crippen LogP contribution in [0.3, 0.4) is 0 Å². The quantitative estimate of drug-likeness (QED) is 0.758. The van der Waals surface area contributed by atoms with E-state index < -0.39 is 23.6 Å². The molecule has 0 aromatic heterocycles. The van der Waals surface area contributed by atoms with E-state index >= 15 is 0 Å². The molecule has 0 amide bonds.